The summed E-state index contributed by atoms with van der Waals surface area (Å²) in [5.41, 5.74) is 3.81. The van der Waals surface area contributed by atoms with Crippen molar-refractivity contribution in [3.63, 3.8) is 0 Å². The Morgan fingerprint density at radius 3 is 2.18 bits per heavy atom. The fourth-order valence-electron chi connectivity index (χ4n) is 3.29. The smallest absolute Gasteiger partial charge is 0.0242 e. The van der Waals surface area contributed by atoms with Crippen LogP contribution in [0.2, 0.25) is 0 Å². The van der Waals surface area contributed by atoms with E-state index in [1.165, 1.54) is 38.6 Å². The molecule has 17 heavy (non-hydrogen) atoms. The molecule has 2 heterocycles. The van der Waals surface area contributed by atoms with Gasteiger partial charge in [0.15, 0.2) is 0 Å². The van der Waals surface area contributed by atoms with Crippen LogP contribution < -0.4 is 5.43 Å². The van der Waals surface area contributed by atoms with Crippen LogP contribution >= 0.6 is 0 Å². The standard InChI is InChI=1S/C14H29N3/c1-11-6-5-7-12(2)17(11)15-14-8-9-16(4)13(3)10-14/h11-15H,5-10H2,1-4H3. The summed E-state index contributed by atoms with van der Waals surface area (Å²) in [5.74, 6) is 0. The van der Waals surface area contributed by atoms with Crippen LogP contribution in [0.4, 0.5) is 0 Å². The largest absolute Gasteiger partial charge is 0.304 e. The maximum Gasteiger partial charge on any atom is 0.0242 e. The van der Waals surface area contributed by atoms with Gasteiger partial charge < -0.3 is 4.90 Å². The van der Waals surface area contributed by atoms with Gasteiger partial charge in [0.05, 0.1) is 0 Å². The molecule has 4 atom stereocenters. The van der Waals surface area contributed by atoms with Gasteiger partial charge >= 0.3 is 0 Å². The maximum absolute atomic E-state index is 3.81. The van der Waals surface area contributed by atoms with E-state index in [0.717, 1.165) is 6.04 Å². The molecule has 0 aromatic carbocycles. The molecule has 0 saturated carbocycles. The highest BCUT2D eigenvalue weighted by Crippen LogP contribution is 2.23. The topological polar surface area (TPSA) is 18.5 Å². The van der Waals surface area contributed by atoms with E-state index >= 15 is 0 Å². The summed E-state index contributed by atoms with van der Waals surface area (Å²) >= 11 is 0. The SMILES string of the molecule is CC1CC(NN2C(C)CCCC2C)CCN1C. The van der Waals surface area contributed by atoms with Gasteiger partial charge in [-0.05, 0) is 60.0 Å². The molecule has 1 N–H and O–H groups in total. The lowest BCUT2D eigenvalue weighted by Crippen LogP contribution is -2.58. The summed E-state index contributed by atoms with van der Waals surface area (Å²) in [4.78, 5) is 2.47. The van der Waals surface area contributed by atoms with Crippen LogP contribution in [0.5, 0.6) is 0 Å². The Kier molecular flexibility index (Phi) is 4.45. The second kappa shape index (κ2) is 5.68. The number of rotatable bonds is 2. The van der Waals surface area contributed by atoms with Crippen molar-refractivity contribution < 1.29 is 0 Å². The van der Waals surface area contributed by atoms with E-state index in [1.807, 2.05) is 0 Å². The Morgan fingerprint density at radius 1 is 0.941 bits per heavy atom. The second-order valence-electron chi connectivity index (χ2n) is 6.22. The molecule has 0 radical (unpaired) electrons. The van der Waals surface area contributed by atoms with E-state index in [1.54, 1.807) is 0 Å². The highest BCUT2D eigenvalue weighted by molar-refractivity contribution is 4.84. The molecular weight excluding hydrogens is 210 g/mol. The van der Waals surface area contributed by atoms with Gasteiger partial charge in [0.1, 0.15) is 0 Å². The highest BCUT2D eigenvalue weighted by atomic mass is 15.5. The van der Waals surface area contributed by atoms with E-state index in [0.29, 0.717) is 18.1 Å². The summed E-state index contributed by atoms with van der Waals surface area (Å²) in [7, 11) is 2.24. The minimum Gasteiger partial charge on any atom is -0.304 e. The molecule has 2 rings (SSSR count). The fourth-order valence-corrected chi connectivity index (χ4v) is 3.29. The van der Waals surface area contributed by atoms with Crippen molar-refractivity contribution in [2.75, 3.05) is 13.6 Å². The number of hydrogen-bond acceptors (Lipinski definition) is 3. The first-order valence-electron chi connectivity index (χ1n) is 7.32. The lowest BCUT2D eigenvalue weighted by molar-refractivity contribution is 0.0115. The first kappa shape index (κ1) is 13.3. The quantitative estimate of drug-likeness (QED) is 0.797. The Labute approximate surface area is 107 Å². The Hall–Kier alpha value is -0.120. The lowest BCUT2D eigenvalue weighted by Gasteiger charge is -2.44. The summed E-state index contributed by atoms with van der Waals surface area (Å²) in [6.45, 7) is 8.30. The molecule has 2 saturated heterocycles. The van der Waals surface area contributed by atoms with Crippen molar-refractivity contribution in [1.29, 1.82) is 0 Å². The molecule has 0 aliphatic carbocycles. The zero-order valence-corrected chi connectivity index (χ0v) is 11.9. The van der Waals surface area contributed by atoms with Crippen LogP contribution in [0, 0.1) is 0 Å². The first-order chi connectivity index (χ1) is 8.08. The summed E-state index contributed by atoms with van der Waals surface area (Å²) < 4.78 is 0. The maximum atomic E-state index is 3.81. The first-order valence-corrected chi connectivity index (χ1v) is 7.32. The van der Waals surface area contributed by atoms with Gasteiger partial charge in [0, 0.05) is 24.2 Å². The van der Waals surface area contributed by atoms with Crippen LogP contribution in [0.3, 0.4) is 0 Å². The highest BCUT2D eigenvalue weighted by Gasteiger charge is 2.29. The molecular formula is C14H29N3. The Balaban J connectivity index is 1.87. The third-order valence-electron chi connectivity index (χ3n) is 4.73. The zero-order chi connectivity index (χ0) is 12.4. The average Bonchev–Trinajstić information content (AvgIpc) is 2.28. The monoisotopic (exact) mass is 239 g/mol. The van der Waals surface area contributed by atoms with E-state index < -0.39 is 0 Å². The van der Waals surface area contributed by atoms with Crippen molar-refractivity contribution in [1.82, 2.24) is 15.3 Å². The number of nitrogens with one attached hydrogen (secondary N) is 1. The lowest BCUT2D eigenvalue weighted by atomic mass is 9.97. The molecule has 0 amide bonds. The second-order valence-corrected chi connectivity index (χ2v) is 6.22. The van der Waals surface area contributed by atoms with E-state index in [2.05, 4.69) is 43.2 Å². The van der Waals surface area contributed by atoms with E-state index in [9.17, 15) is 0 Å². The van der Waals surface area contributed by atoms with E-state index in [-0.39, 0.29) is 0 Å². The van der Waals surface area contributed by atoms with Gasteiger partial charge in [-0.3, -0.25) is 5.43 Å². The molecule has 2 aliphatic heterocycles. The van der Waals surface area contributed by atoms with Gasteiger partial charge in [0.25, 0.3) is 0 Å². The number of nitrogens with zero attached hydrogens (tertiary/aromatic N) is 2. The van der Waals surface area contributed by atoms with E-state index in [4.69, 9.17) is 0 Å². The number of piperidine rings is 2. The van der Waals surface area contributed by atoms with Gasteiger partial charge in [-0.2, -0.15) is 0 Å². The third kappa shape index (κ3) is 3.21. The Bertz CT molecular complexity index is 234. The summed E-state index contributed by atoms with van der Waals surface area (Å²) in [6, 6.07) is 2.81. The van der Waals surface area contributed by atoms with Crippen LogP contribution in [0.1, 0.15) is 52.9 Å². The molecule has 3 heteroatoms. The van der Waals surface area contributed by atoms with Crippen molar-refractivity contribution in [2.24, 2.45) is 0 Å². The van der Waals surface area contributed by atoms with Crippen molar-refractivity contribution >= 4 is 0 Å². The average molecular weight is 239 g/mol. The van der Waals surface area contributed by atoms with Gasteiger partial charge in [-0.25, -0.2) is 5.01 Å². The molecule has 0 aromatic rings. The van der Waals surface area contributed by atoms with Gasteiger partial charge in [-0.1, -0.05) is 6.42 Å². The predicted octanol–water partition coefficient (Wildman–Crippen LogP) is 2.24. The molecule has 0 aromatic heterocycles. The van der Waals surface area contributed by atoms with Crippen LogP contribution in [0.25, 0.3) is 0 Å². The summed E-state index contributed by atoms with van der Waals surface area (Å²) in [5, 5.41) is 2.53. The zero-order valence-electron chi connectivity index (χ0n) is 11.9. The fraction of sp³-hybridized carbons (Fsp3) is 1.00. The van der Waals surface area contributed by atoms with Crippen molar-refractivity contribution in [3.8, 4) is 0 Å². The summed E-state index contributed by atoms with van der Waals surface area (Å²) in [6.07, 6.45) is 6.66. The van der Waals surface area contributed by atoms with Crippen LogP contribution in [0.15, 0.2) is 0 Å². The third-order valence-corrected chi connectivity index (χ3v) is 4.73. The normalized spacial score (nSPS) is 41.6. The molecule has 2 aliphatic rings. The number of hydrogen-bond donors (Lipinski definition) is 1. The van der Waals surface area contributed by atoms with Gasteiger partial charge in [0.2, 0.25) is 0 Å². The van der Waals surface area contributed by atoms with Crippen LogP contribution in [-0.4, -0.2) is 47.7 Å². The minimum atomic E-state index is 0.684. The van der Waals surface area contributed by atoms with Gasteiger partial charge in [-0.15, -0.1) is 0 Å². The molecule has 0 spiro atoms. The number of likely N-dealkylation sites (tertiary alicyclic amines) is 1. The molecule has 100 valence electrons. The van der Waals surface area contributed by atoms with Crippen molar-refractivity contribution in [3.05, 3.63) is 0 Å². The molecule has 3 nitrogen and oxygen atoms in total. The molecule has 2 fully saturated rings. The Morgan fingerprint density at radius 2 is 1.59 bits per heavy atom. The number of hydrazine groups is 1. The van der Waals surface area contributed by atoms with Crippen molar-refractivity contribution in [2.45, 2.75) is 77.0 Å². The minimum absolute atomic E-state index is 0.684. The molecule has 4 unspecified atom stereocenters. The predicted molar refractivity (Wildman–Crippen MR) is 72.9 cm³/mol. The van der Waals surface area contributed by atoms with Crippen LogP contribution in [-0.2, 0) is 0 Å². The molecule has 0 bridgehead atoms.